The van der Waals surface area contributed by atoms with Gasteiger partial charge in [-0.3, -0.25) is 0 Å². The summed E-state index contributed by atoms with van der Waals surface area (Å²) in [5.41, 5.74) is 6.17. The Hall–Kier alpha value is -0.0800. The molecule has 2 atom stereocenters. The van der Waals surface area contributed by atoms with Gasteiger partial charge in [-0.25, -0.2) is 0 Å². The van der Waals surface area contributed by atoms with E-state index in [1.807, 2.05) is 0 Å². The van der Waals surface area contributed by atoms with E-state index in [0.717, 1.165) is 5.92 Å². The Morgan fingerprint density at radius 1 is 0.929 bits per heavy atom. The molecule has 1 heterocycles. The van der Waals surface area contributed by atoms with Crippen LogP contribution in [-0.4, -0.2) is 30.6 Å². The van der Waals surface area contributed by atoms with Crippen LogP contribution < -0.4 is 5.73 Å². The lowest BCUT2D eigenvalue weighted by Crippen LogP contribution is -2.42. The summed E-state index contributed by atoms with van der Waals surface area (Å²) in [4.78, 5) is 2.64. The van der Waals surface area contributed by atoms with Crippen molar-refractivity contribution in [2.75, 3.05) is 19.6 Å². The molecule has 1 aliphatic heterocycles. The average molecular weight is 196 g/mol. The van der Waals surface area contributed by atoms with Gasteiger partial charge in [0.25, 0.3) is 0 Å². The topological polar surface area (TPSA) is 29.3 Å². The number of likely N-dealkylation sites (tertiary alicyclic amines) is 1. The van der Waals surface area contributed by atoms with Crippen LogP contribution in [0.5, 0.6) is 0 Å². The summed E-state index contributed by atoms with van der Waals surface area (Å²) in [6.07, 6.45) is 9.65. The van der Waals surface area contributed by atoms with Crippen molar-refractivity contribution in [1.82, 2.24) is 4.90 Å². The Morgan fingerprint density at radius 3 is 2.36 bits per heavy atom. The lowest BCUT2D eigenvalue weighted by molar-refractivity contribution is 0.161. The quantitative estimate of drug-likeness (QED) is 0.732. The van der Waals surface area contributed by atoms with Gasteiger partial charge in [-0.15, -0.1) is 0 Å². The highest BCUT2D eigenvalue weighted by molar-refractivity contribution is 4.81. The number of hydrogen-bond acceptors (Lipinski definition) is 2. The van der Waals surface area contributed by atoms with Crippen molar-refractivity contribution in [3.05, 3.63) is 0 Å². The monoisotopic (exact) mass is 196 g/mol. The highest BCUT2D eigenvalue weighted by atomic mass is 15.1. The molecule has 0 amide bonds. The maximum Gasteiger partial charge on any atom is 0.00793 e. The summed E-state index contributed by atoms with van der Waals surface area (Å²) in [5.74, 6) is 0.793. The fourth-order valence-electron chi connectivity index (χ4n) is 2.94. The highest BCUT2D eigenvalue weighted by Crippen LogP contribution is 2.24. The van der Waals surface area contributed by atoms with Crippen LogP contribution in [0.2, 0.25) is 0 Å². The molecular weight excluding hydrogens is 172 g/mol. The van der Waals surface area contributed by atoms with E-state index < -0.39 is 0 Å². The number of nitrogens with zero attached hydrogens (tertiary/aromatic N) is 1. The Labute approximate surface area is 87.8 Å². The van der Waals surface area contributed by atoms with Crippen molar-refractivity contribution >= 4 is 0 Å². The molecule has 2 fully saturated rings. The fraction of sp³-hybridized carbons (Fsp3) is 1.00. The van der Waals surface area contributed by atoms with Crippen molar-refractivity contribution in [1.29, 1.82) is 0 Å². The van der Waals surface area contributed by atoms with E-state index in [9.17, 15) is 0 Å². The van der Waals surface area contributed by atoms with Crippen molar-refractivity contribution in [2.24, 2.45) is 11.7 Å². The second-order valence-corrected chi connectivity index (χ2v) is 5.07. The summed E-state index contributed by atoms with van der Waals surface area (Å²) >= 11 is 0. The zero-order chi connectivity index (χ0) is 9.80. The van der Waals surface area contributed by atoms with Crippen LogP contribution in [0.1, 0.15) is 44.9 Å². The van der Waals surface area contributed by atoms with Crippen LogP contribution in [0.25, 0.3) is 0 Å². The van der Waals surface area contributed by atoms with Gasteiger partial charge in [-0.2, -0.15) is 0 Å². The maximum absolute atomic E-state index is 6.17. The van der Waals surface area contributed by atoms with Gasteiger partial charge < -0.3 is 10.6 Å². The summed E-state index contributed by atoms with van der Waals surface area (Å²) in [6.45, 7) is 3.92. The van der Waals surface area contributed by atoms with Crippen molar-refractivity contribution < 1.29 is 0 Å². The summed E-state index contributed by atoms with van der Waals surface area (Å²) < 4.78 is 0. The molecule has 0 aromatic rings. The third kappa shape index (κ3) is 2.71. The smallest absolute Gasteiger partial charge is 0.00793 e. The fourth-order valence-corrected chi connectivity index (χ4v) is 2.94. The third-order valence-corrected chi connectivity index (χ3v) is 3.91. The van der Waals surface area contributed by atoms with Gasteiger partial charge in [0, 0.05) is 12.6 Å². The van der Waals surface area contributed by atoms with E-state index in [4.69, 9.17) is 5.73 Å². The molecule has 1 aliphatic carbocycles. The number of rotatable bonds is 2. The van der Waals surface area contributed by atoms with Crippen molar-refractivity contribution in [2.45, 2.75) is 51.0 Å². The highest BCUT2D eigenvalue weighted by Gasteiger charge is 2.24. The van der Waals surface area contributed by atoms with E-state index in [1.54, 1.807) is 0 Å². The van der Waals surface area contributed by atoms with Crippen LogP contribution >= 0.6 is 0 Å². The van der Waals surface area contributed by atoms with Crippen molar-refractivity contribution in [3.63, 3.8) is 0 Å². The zero-order valence-corrected chi connectivity index (χ0v) is 9.25. The first-order valence-electron chi connectivity index (χ1n) is 6.34. The van der Waals surface area contributed by atoms with Crippen LogP contribution in [-0.2, 0) is 0 Å². The predicted molar refractivity (Wildman–Crippen MR) is 60.2 cm³/mol. The first kappa shape index (κ1) is 10.4. The van der Waals surface area contributed by atoms with Gasteiger partial charge in [0.15, 0.2) is 0 Å². The first-order chi connectivity index (χ1) is 6.86. The standard InChI is InChI=1S/C12H24N2/c13-12-7-3-2-6-11(12)10-14-8-4-1-5-9-14/h11-12H,1-10,13H2/t11-,12-/m1/s1. The molecule has 1 saturated heterocycles. The summed E-state index contributed by atoms with van der Waals surface area (Å²) in [5, 5.41) is 0. The number of hydrogen-bond donors (Lipinski definition) is 1. The van der Waals surface area contributed by atoms with Gasteiger partial charge in [-0.1, -0.05) is 19.3 Å². The lowest BCUT2D eigenvalue weighted by Gasteiger charge is -2.35. The molecule has 0 aromatic heterocycles. The van der Waals surface area contributed by atoms with Crippen LogP contribution in [0, 0.1) is 5.92 Å². The number of piperidine rings is 1. The molecule has 0 bridgehead atoms. The van der Waals surface area contributed by atoms with Gasteiger partial charge in [0.05, 0.1) is 0 Å². The van der Waals surface area contributed by atoms with Gasteiger partial charge in [0.2, 0.25) is 0 Å². The van der Waals surface area contributed by atoms with E-state index >= 15 is 0 Å². The zero-order valence-electron chi connectivity index (χ0n) is 9.25. The Morgan fingerprint density at radius 2 is 1.64 bits per heavy atom. The molecular formula is C12H24N2. The molecule has 2 nitrogen and oxygen atoms in total. The summed E-state index contributed by atoms with van der Waals surface area (Å²) in [7, 11) is 0. The normalized spacial score (nSPS) is 35.8. The summed E-state index contributed by atoms with van der Waals surface area (Å²) in [6, 6.07) is 0.491. The molecule has 2 heteroatoms. The van der Waals surface area contributed by atoms with Crippen LogP contribution in [0.15, 0.2) is 0 Å². The van der Waals surface area contributed by atoms with E-state index in [2.05, 4.69) is 4.90 Å². The van der Waals surface area contributed by atoms with E-state index in [-0.39, 0.29) is 0 Å². The van der Waals surface area contributed by atoms with Gasteiger partial charge in [-0.05, 0) is 44.7 Å². The lowest BCUT2D eigenvalue weighted by atomic mass is 9.84. The van der Waals surface area contributed by atoms with Crippen LogP contribution in [0.4, 0.5) is 0 Å². The molecule has 0 unspecified atom stereocenters. The molecule has 82 valence electrons. The van der Waals surface area contributed by atoms with Crippen LogP contribution in [0.3, 0.4) is 0 Å². The van der Waals surface area contributed by atoms with E-state index in [1.165, 1.54) is 64.6 Å². The average Bonchev–Trinajstić information content (AvgIpc) is 2.23. The minimum atomic E-state index is 0.491. The Balaban J connectivity index is 1.76. The minimum absolute atomic E-state index is 0.491. The first-order valence-corrected chi connectivity index (χ1v) is 6.34. The third-order valence-electron chi connectivity index (χ3n) is 3.91. The molecule has 0 radical (unpaired) electrons. The van der Waals surface area contributed by atoms with E-state index in [0.29, 0.717) is 6.04 Å². The molecule has 2 rings (SSSR count). The molecule has 1 saturated carbocycles. The molecule has 14 heavy (non-hydrogen) atoms. The SMILES string of the molecule is N[C@@H]1CCCC[C@@H]1CN1CCCCC1. The maximum atomic E-state index is 6.17. The van der Waals surface area contributed by atoms with Gasteiger partial charge in [0.1, 0.15) is 0 Å². The van der Waals surface area contributed by atoms with Gasteiger partial charge >= 0.3 is 0 Å². The molecule has 0 aromatic carbocycles. The minimum Gasteiger partial charge on any atom is -0.327 e. The predicted octanol–water partition coefficient (Wildman–Crippen LogP) is 1.99. The largest absolute Gasteiger partial charge is 0.327 e. The Kier molecular flexibility index (Phi) is 3.82. The molecule has 2 aliphatic rings. The molecule has 0 spiro atoms. The van der Waals surface area contributed by atoms with Crippen molar-refractivity contribution in [3.8, 4) is 0 Å². The molecule has 2 N–H and O–H groups in total. The second kappa shape index (κ2) is 5.13. The number of nitrogens with two attached hydrogens (primary N) is 1. The Bertz CT molecular complexity index is 164. The second-order valence-electron chi connectivity index (χ2n) is 5.07.